The summed E-state index contributed by atoms with van der Waals surface area (Å²) < 4.78 is 16.0. The summed E-state index contributed by atoms with van der Waals surface area (Å²) >= 11 is 12.2. The quantitative estimate of drug-likeness (QED) is 0.502. The summed E-state index contributed by atoms with van der Waals surface area (Å²) in [5, 5.41) is 8.02. The molecule has 1 aliphatic heterocycles. The van der Waals surface area contributed by atoms with Crippen molar-refractivity contribution in [2.24, 2.45) is 5.92 Å². The maximum Gasteiger partial charge on any atom is 0.241 e. The van der Waals surface area contributed by atoms with E-state index in [0.717, 1.165) is 19.4 Å². The first-order chi connectivity index (χ1) is 16.0. The Hall–Kier alpha value is -2.81. The number of carbonyl (C=O) groups is 1. The van der Waals surface area contributed by atoms with Gasteiger partial charge in [-0.2, -0.15) is 4.98 Å². The number of carbonyl (C=O) groups excluding carboxylic acids is 1. The van der Waals surface area contributed by atoms with Crippen LogP contribution in [0.2, 0.25) is 10.0 Å². The Balaban J connectivity index is 1.38. The van der Waals surface area contributed by atoms with Gasteiger partial charge in [0.25, 0.3) is 0 Å². The van der Waals surface area contributed by atoms with Crippen LogP contribution in [0.1, 0.15) is 18.7 Å². The number of anilines is 1. The second kappa shape index (κ2) is 10.4. The van der Waals surface area contributed by atoms with Crippen molar-refractivity contribution in [3.63, 3.8) is 0 Å². The lowest BCUT2D eigenvalue weighted by Crippen LogP contribution is -2.40. The summed E-state index contributed by atoms with van der Waals surface area (Å²) in [6.07, 6.45) is 1.71. The number of ether oxygens (including phenoxy) is 2. The number of hydrogen-bond acceptors (Lipinski definition) is 7. The standard InChI is InChI=1S/C23H24Cl2N4O4/c1-31-19-8-6-16(11-20(19)32-2)26-23(30)14-4-3-9-29(12-14)13-21-27-22(28-33-21)17-7-5-15(24)10-18(17)25/h5-8,10-11,14H,3-4,9,12-13H2,1-2H3,(H,26,30). The number of nitrogens with one attached hydrogen (secondary N) is 1. The van der Waals surface area contributed by atoms with Gasteiger partial charge in [-0.15, -0.1) is 0 Å². The minimum Gasteiger partial charge on any atom is -0.493 e. The van der Waals surface area contributed by atoms with Crippen molar-refractivity contribution in [2.45, 2.75) is 19.4 Å². The average molecular weight is 491 g/mol. The number of aromatic nitrogens is 2. The van der Waals surface area contributed by atoms with E-state index in [-0.39, 0.29) is 11.8 Å². The summed E-state index contributed by atoms with van der Waals surface area (Å²) in [4.78, 5) is 19.5. The molecule has 174 valence electrons. The number of halogens is 2. The van der Waals surface area contributed by atoms with Crippen LogP contribution in [0.3, 0.4) is 0 Å². The molecule has 0 spiro atoms. The van der Waals surface area contributed by atoms with E-state index in [2.05, 4.69) is 20.4 Å². The molecule has 0 bridgehead atoms. The van der Waals surface area contributed by atoms with Crippen molar-refractivity contribution in [1.29, 1.82) is 0 Å². The predicted molar refractivity (Wildman–Crippen MR) is 126 cm³/mol. The van der Waals surface area contributed by atoms with Gasteiger partial charge in [0.1, 0.15) is 0 Å². The molecule has 0 aliphatic carbocycles. The summed E-state index contributed by atoms with van der Waals surface area (Å²) in [5.41, 5.74) is 1.32. The Bertz CT molecular complexity index is 1140. The van der Waals surface area contributed by atoms with Crippen molar-refractivity contribution in [1.82, 2.24) is 15.0 Å². The molecule has 1 aliphatic rings. The molecule has 0 radical (unpaired) electrons. The fourth-order valence-electron chi connectivity index (χ4n) is 3.86. The summed E-state index contributed by atoms with van der Waals surface area (Å²) in [7, 11) is 3.13. The van der Waals surface area contributed by atoms with Crippen LogP contribution in [0.15, 0.2) is 40.9 Å². The molecule has 4 rings (SSSR count). The van der Waals surface area contributed by atoms with E-state index in [1.165, 1.54) is 0 Å². The van der Waals surface area contributed by atoms with Gasteiger partial charge in [0, 0.05) is 28.9 Å². The zero-order valence-electron chi connectivity index (χ0n) is 18.3. The number of amides is 1. The van der Waals surface area contributed by atoms with Gasteiger partial charge in [0.2, 0.25) is 17.6 Å². The molecule has 2 heterocycles. The van der Waals surface area contributed by atoms with Gasteiger partial charge >= 0.3 is 0 Å². The normalized spacial score (nSPS) is 16.4. The van der Waals surface area contributed by atoms with Crippen LogP contribution in [0, 0.1) is 5.92 Å². The topological polar surface area (TPSA) is 89.7 Å². The Kier molecular flexibility index (Phi) is 7.37. The van der Waals surface area contributed by atoms with Crippen molar-refractivity contribution in [3.05, 3.63) is 52.3 Å². The summed E-state index contributed by atoms with van der Waals surface area (Å²) in [6, 6.07) is 10.4. The van der Waals surface area contributed by atoms with Gasteiger partial charge in [0.15, 0.2) is 11.5 Å². The van der Waals surface area contributed by atoms with Crippen molar-refractivity contribution >= 4 is 34.8 Å². The van der Waals surface area contributed by atoms with Crippen molar-refractivity contribution in [3.8, 4) is 22.9 Å². The first-order valence-corrected chi connectivity index (χ1v) is 11.3. The minimum absolute atomic E-state index is 0.0360. The van der Waals surface area contributed by atoms with E-state index in [4.69, 9.17) is 37.2 Å². The molecule has 33 heavy (non-hydrogen) atoms. The molecule has 10 heteroatoms. The average Bonchev–Trinajstić information content (AvgIpc) is 3.27. The van der Waals surface area contributed by atoms with Gasteiger partial charge < -0.3 is 19.3 Å². The predicted octanol–water partition coefficient (Wildman–Crippen LogP) is 4.91. The molecule has 1 atom stereocenters. The highest BCUT2D eigenvalue weighted by Gasteiger charge is 2.27. The second-order valence-corrected chi connectivity index (χ2v) is 8.61. The number of hydrogen-bond donors (Lipinski definition) is 1. The summed E-state index contributed by atoms with van der Waals surface area (Å²) in [5.74, 6) is 1.86. The number of likely N-dealkylation sites (tertiary alicyclic amines) is 1. The van der Waals surface area contributed by atoms with E-state index in [1.807, 2.05) is 0 Å². The lowest BCUT2D eigenvalue weighted by Gasteiger charge is -2.30. The zero-order chi connectivity index (χ0) is 23.4. The molecule has 1 amide bonds. The second-order valence-electron chi connectivity index (χ2n) is 7.77. The van der Waals surface area contributed by atoms with E-state index in [1.54, 1.807) is 50.6 Å². The largest absolute Gasteiger partial charge is 0.493 e. The van der Waals surface area contributed by atoms with Gasteiger partial charge in [0.05, 0.1) is 31.7 Å². The Morgan fingerprint density at radius 3 is 2.76 bits per heavy atom. The Labute approximate surface area is 201 Å². The molecule has 1 unspecified atom stereocenters. The third-order valence-corrected chi connectivity index (χ3v) is 6.07. The van der Waals surface area contributed by atoms with Crippen LogP contribution in [0.25, 0.3) is 11.4 Å². The van der Waals surface area contributed by atoms with Crippen LogP contribution in [0.5, 0.6) is 11.5 Å². The van der Waals surface area contributed by atoms with Crippen molar-refractivity contribution in [2.75, 3.05) is 32.6 Å². The van der Waals surface area contributed by atoms with Crippen LogP contribution in [-0.4, -0.2) is 48.3 Å². The van der Waals surface area contributed by atoms with E-state index in [0.29, 0.717) is 57.6 Å². The third-order valence-electron chi connectivity index (χ3n) is 5.53. The number of benzene rings is 2. The monoisotopic (exact) mass is 490 g/mol. The van der Waals surface area contributed by atoms with Gasteiger partial charge in [-0.25, -0.2) is 0 Å². The molecular formula is C23H24Cl2N4O4. The molecule has 8 nitrogen and oxygen atoms in total. The Morgan fingerprint density at radius 2 is 2.00 bits per heavy atom. The van der Waals surface area contributed by atoms with E-state index in [9.17, 15) is 4.79 Å². The van der Waals surface area contributed by atoms with E-state index >= 15 is 0 Å². The van der Waals surface area contributed by atoms with Gasteiger partial charge in [-0.1, -0.05) is 28.4 Å². The van der Waals surface area contributed by atoms with E-state index < -0.39 is 0 Å². The fourth-order valence-corrected chi connectivity index (χ4v) is 4.36. The number of piperidine rings is 1. The molecular weight excluding hydrogens is 467 g/mol. The molecule has 2 aromatic carbocycles. The molecule has 1 saturated heterocycles. The Morgan fingerprint density at radius 1 is 1.18 bits per heavy atom. The highest BCUT2D eigenvalue weighted by molar-refractivity contribution is 6.36. The van der Waals surface area contributed by atoms with Crippen LogP contribution in [0.4, 0.5) is 5.69 Å². The highest BCUT2D eigenvalue weighted by Crippen LogP contribution is 2.31. The molecule has 1 aromatic heterocycles. The molecule has 3 aromatic rings. The molecule has 0 saturated carbocycles. The maximum atomic E-state index is 12.9. The van der Waals surface area contributed by atoms with Crippen LogP contribution in [-0.2, 0) is 11.3 Å². The third kappa shape index (κ3) is 5.58. The first kappa shape index (κ1) is 23.4. The number of methoxy groups -OCH3 is 2. The molecule has 1 N–H and O–H groups in total. The van der Waals surface area contributed by atoms with Crippen LogP contribution < -0.4 is 14.8 Å². The minimum atomic E-state index is -0.153. The fraction of sp³-hybridized carbons (Fsp3) is 0.348. The SMILES string of the molecule is COc1ccc(NC(=O)C2CCCN(Cc3nc(-c4ccc(Cl)cc4Cl)no3)C2)cc1OC. The first-order valence-electron chi connectivity index (χ1n) is 10.5. The van der Waals surface area contributed by atoms with Gasteiger partial charge in [-0.05, 0) is 49.7 Å². The smallest absolute Gasteiger partial charge is 0.241 e. The number of nitrogens with zero attached hydrogens (tertiary/aromatic N) is 3. The lowest BCUT2D eigenvalue weighted by molar-refractivity contribution is -0.121. The highest BCUT2D eigenvalue weighted by atomic mass is 35.5. The van der Waals surface area contributed by atoms with Crippen LogP contribution >= 0.6 is 23.2 Å². The number of rotatable bonds is 7. The maximum absolute atomic E-state index is 12.9. The zero-order valence-corrected chi connectivity index (χ0v) is 19.8. The van der Waals surface area contributed by atoms with Gasteiger partial charge in [-0.3, -0.25) is 9.69 Å². The van der Waals surface area contributed by atoms with Crippen molar-refractivity contribution < 1.29 is 18.8 Å². The molecule has 1 fully saturated rings. The summed E-state index contributed by atoms with van der Waals surface area (Å²) in [6.45, 7) is 1.90. The lowest BCUT2D eigenvalue weighted by atomic mass is 9.97.